The van der Waals surface area contributed by atoms with Crippen LogP contribution in [0.5, 0.6) is 0 Å². The van der Waals surface area contributed by atoms with Crippen LogP contribution in [0.15, 0.2) is 164 Å². The van der Waals surface area contributed by atoms with E-state index in [1.807, 2.05) is 0 Å². The van der Waals surface area contributed by atoms with Gasteiger partial charge >= 0.3 is 52.4 Å². The molecule has 0 saturated heterocycles. The molecule has 0 fully saturated rings. The molecule has 0 N–H and O–H groups in total. The van der Waals surface area contributed by atoms with Crippen molar-refractivity contribution in [3.05, 3.63) is 169 Å². The molecule has 0 spiro atoms. The Balaban J connectivity index is -0.000000281. The average molecular weight is 955 g/mol. The van der Waals surface area contributed by atoms with Crippen LogP contribution in [0.4, 0.5) is 0 Å². The number of rotatable bonds is 5. The monoisotopic (exact) mass is 950 g/mol. The number of halogens is 4. The van der Waals surface area contributed by atoms with E-state index in [2.05, 4.69) is 191 Å². The van der Waals surface area contributed by atoms with E-state index in [0.29, 0.717) is 0 Å². The first-order valence-corrected chi connectivity index (χ1v) is 18.3. The molecule has 0 aliphatic heterocycles. The van der Waals surface area contributed by atoms with Crippen LogP contribution in [0.25, 0.3) is 43.1 Å². The molecular weight excluding hydrogens is 909 g/mol. The molecule has 266 valence electrons. The van der Waals surface area contributed by atoms with E-state index in [1.165, 1.54) is 80.8 Å². The smallest absolute Gasteiger partial charge is 1.00 e. The second-order valence-corrected chi connectivity index (χ2v) is 10.8. The van der Waals surface area contributed by atoms with Crippen molar-refractivity contribution in [1.29, 1.82) is 0 Å². The van der Waals surface area contributed by atoms with Crippen LogP contribution >= 0.6 is 0 Å². The molecule has 8 aromatic rings. The second-order valence-electron chi connectivity index (χ2n) is 10.8. The van der Waals surface area contributed by atoms with Gasteiger partial charge in [0.15, 0.2) is 0 Å². The Labute approximate surface area is 383 Å². The summed E-state index contributed by atoms with van der Waals surface area (Å²) in [6, 6.07) is 57.4. The van der Waals surface area contributed by atoms with Crippen molar-refractivity contribution >= 4 is 63.6 Å². The Kier molecular flexibility index (Phi) is 39.1. The molecule has 8 rings (SSSR count). The molecule has 0 unspecified atom stereocenters. The van der Waals surface area contributed by atoms with Crippen molar-refractivity contribution < 1.29 is 102 Å². The van der Waals surface area contributed by atoms with Crippen LogP contribution in [0.1, 0.15) is 38.2 Å². The van der Waals surface area contributed by atoms with Crippen LogP contribution < -0.4 is 49.6 Å². The molecule has 52 heavy (non-hydrogen) atoms. The van der Waals surface area contributed by atoms with Crippen LogP contribution in [0, 0.1) is 0 Å². The Bertz CT molecular complexity index is 1680. The first-order valence-electron chi connectivity index (χ1n) is 16.3. The summed E-state index contributed by atoms with van der Waals surface area (Å²) >= 11 is 0. The van der Waals surface area contributed by atoms with Gasteiger partial charge in [0.25, 0.3) is 0 Å². The van der Waals surface area contributed by atoms with Crippen molar-refractivity contribution in [3.8, 4) is 0 Å². The van der Waals surface area contributed by atoms with E-state index in [0.717, 1.165) is 0 Å². The zero-order valence-corrected chi connectivity index (χ0v) is 40.1. The molecule has 8 aromatic carbocycles. The largest absolute Gasteiger partial charge is 4.00 e. The minimum Gasteiger partial charge on any atom is -1.00 e. The van der Waals surface area contributed by atoms with Gasteiger partial charge in [-0.2, -0.15) is 64.7 Å². The minimum absolute atomic E-state index is 0. The third-order valence-electron chi connectivity index (χ3n) is 7.66. The van der Waals surface area contributed by atoms with Crippen molar-refractivity contribution in [1.82, 2.24) is 0 Å². The Hall–Kier alpha value is -1.32. The topological polar surface area (TPSA) is 0 Å². The van der Waals surface area contributed by atoms with Gasteiger partial charge in [0.1, 0.15) is 0 Å². The van der Waals surface area contributed by atoms with E-state index in [9.17, 15) is 0 Å². The van der Waals surface area contributed by atoms with Crippen molar-refractivity contribution in [3.63, 3.8) is 0 Å². The number of hydrogen-bond acceptors (Lipinski definition) is 0. The van der Waals surface area contributed by atoms with Crippen molar-refractivity contribution in [2.45, 2.75) is 52.1 Å². The first-order chi connectivity index (χ1) is 22.8. The van der Waals surface area contributed by atoms with Gasteiger partial charge in [-0.15, -0.1) is 118 Å². The van der Waals surface area contributed by atoms with Crippen molar-refractivity contribution in [2.75, 3.05) is 0 Å². The number of hydrogen-bond donors (Lipinski definition) is 0. The minimum atomic E-state index is 0. The maximum atomic E-state index is 2.97. The normalized spacial score (nSPS) is 8.71. The predicted molar refractivity (Wildman–Crippen MR) is 209 cm³/mol. The molecule has 0 heterocycles. The van der Waals surface area contributed by atoms with Crippen LogP contribution in [0.3, 0.4) is 0 Å². The molecule has 0 bridgehead atoms. The summed E-state index contributed by atoms with van der Waals surface area (Å²) in [5, 5.41) is 10.7. The van der Waals surface area contributed by atoms with E-state index < -0.39 is 0 Å². The van der Waals surface area contributed by atoms with E-state index in [4.69, 9.17) is 0 Å². The van der Waals surface area contributed by atoms with E-state index >= 15 is 0 Å². The SMILES string of the molecule is CCCCCCc1ccc2cc[cH-]c2c1.C[Si].C[Si].[Cl-].[Cl-].[Cl-].[Cl-].[Zr+4].[Zr+4].c1ccc2[cH-]ccc2c1.c1ccc2[cH-]ccc2c1.c1ccc2[cH-]ccc2c1. The van der Waals surface area contributed by atoms with Gasteiger partial charge in [-0.3, -0.25) is 0 Å². The Morgan fingerprint density at radius 2 is 0.750 bits per heavy atom. The molecule has 0 aliphatic rings. The standard InChI is InChI=1S/C15H19.3C9H7.2CH3Si.4ClH.2Zr/c1-2-3-4-5-7-13-10-11-14-8-6-9-15(14)12-13;3*1-2-5-9-7-3-6-8(9)4-1;2*1-2;;;;;;/h6,8-12H,2-5,7H2,1H3;3*1-7H;2*1H3;4*1H;;/q4*-1;;;;;;;2*+4/p-4. The van der Waals surface area contributed by atoms with Gasteiger partial charge in [-0.05, 0) is 6.42 Å². The maximum absolute atomic E-state index is 2.97. The molecular formula is C44H46Cl4Si2Zr2. The summed E-state index contributed by atoms with van der Waals surface area (Å²) in [5.74, 6) is 0. The summed E-state index contributed by atoms with van der Waals surface area (Å²) in [7, 11) is 5.94. The zero-order valence-electron chi connectivity index (χ0n) is 30.1. The van der Waals surface area contributed by atoms with Gasteiger partial charge in [-0.25, -0.2) is 0 Å². The van der Waals surface area contributed by atoms with Gasteiger partial charge in [0, 0.05) is 20.5 Å². The fraction of sp³-hybridized carbons (Fsp3) is 0.182. The van der Waals surface area contributed by atoms with Gasteiger partial charge in [-0.1, -0.05) is 75.5 Å². The molecule has 8 heteroatoms. The summed E-state index contributed by atoms with van der Waals surface area (Å²) in [5.41, 5.74) is 1.49. The molecule has 0 aromatic heterocycles. The van der Waals surface area contributed by atoms with Gasteiger partial charge < -0.3 is 49.6 Å². The van der Waals surface area contributed by atoms with E-state index in [1.54, 1.807) is 13.1 Å². The fourth-order valence-electron chi connectivity index (χ4n) is 5.30. The molecule has 0 amide bonds. The summed E-state index contributed by atoms with van der Waals surface area (Å²) in [6.45, 7) is 5.87. The second kappa shape index (κ2) is 35.4. The number of aryl methyl sites for hydroxylation is 1. The fourth-order valence-corrected chi connectivity index (χ4v) is 5.30. The predicted octanol–water partition coefficient (Wildman–Crippen LogP) is 0.775. The molecule has 0 atom stereocenters. The van der Waals surface area contributed by atoms with Crippen molar-refractivity contribution in [2.24, 2.45) is 0 Å². The average Bonchev–Trinajstić information content (AvgIpc) is 3.96. The third-order valence-corrected chi connectivity index (χ3v) is 7.66. The first kappa shape index (κ1) is 57.4. The van der Waals surface area contributed by atoms with Crippen LogP contribution in [0.2, 0.25) is 13.1 Å². The summed E-state index contributed by atoms with van der Waals surface area (Å²) in [6.07, 6.45) is 6.64. The Morgan fingerprint density at radius 1 is 0.404 bits per heavy atom. The number of fused-ring (bicyclic) bond motifs is 4. The quantitative estimate of drug-likeness (QED) is 0.136. The zero-order chi connectivity index (χ0) is 32.8. The van der Waals surface area contributed by atoms with Crippen LogP contribution in [-0.2, 0) is 58.8 Å². The van der Waals surface area contributed by atoms with Gasteiger partial charge in [0.2, 0.25) is 0 Å². The summed E-state index contributed by atoms with van der Waals surface area (Å²) < 4.78 is 0. The maximum Gasteiger partial charge on any atom is 4.00 e. The number of benzene rings is 4. The van der Waals surface area contributed by atoms with Crippen LogP contribution in [-0.4, -0.2) is 20.5 Å². The Morgan fingerprint density at radius 3 is 1.12 bits per heavy atom. The number of unbranched alkanes of at least 4 members (excludes halogenated alkanes) is 3. The van der Waals surface area contributed by atoms with E-state index in [-0.39, 0.29) is 102 Å². The molecule has 6 radical (unpaired) electrons. The summed E-state index contributed by atoms with van der Waals surface area (Å²) in [4.78, 5) is 0. The van der Waals surface area contributed by atoms with Gasteiger partial charge in [0.05, 0.1) is 0 Å². The third kappa shape index (κ3) is 19.8. The molecule has 0 nitrogen and oxygen atoms in total. The molecule has 0 saturated carbocycles. The molecule has 0 aliphatic carbocycles.